The Balaban J connectivity index is 1.81. The van der Waals surface area contributed by atoms with Gasteiger partial charge in [0.1, 0.15) is 12.4 Å². The number of aromatic nitrogens is 3. The van der Waals surface area contributed by atoms with Gasteiger partial charge in [-0.2, -0.15) is 5.10 Å². The van der Waals surface area contributed by atoms with Crippen LogP contribution in [-0.2, 0) is 22.6 Å². The predicted octanol–water partition coefficient (Wildman–Crippen LogP) is 2.77. The zero-order valence-electron chi connectivity index (χ0n) is 15.3. The molecule has 1 aliphatic heterocycles. The van der Waals surface area contributed by atoms with E-state index in [0.717, 1.165) is 22.8 Å². The maximum absolute atomic E-state index is 12.2. The minimum atomic E-state index is -0.0120. The van der Waals surface area contributed by atoms with Crippen molar-refractivity contribution in [2.45, 2.75) is 26.9 Å². The first-order valence-electron chi connectivity index (χ1n) is 8.67. The number of hydrogen-bond acceptors (Lipinski definition) is 3. The van der Waals surface area contributed by atoms with E-state index in [0.29, 0.717) is 13.1 Å². The monoisotopic (exact) mass is 350 g/mol. The van der Waals surface area contributed by atoms with Crippen LogP contribution in [0.1, 0.15) is 22.4 Å². The Morgan fingerprint density at radius 3 is 2.65 bits per heavy atom. The third-order valence-corrected chi connectivity index (χ3v) is 4.78. The standard InChI is InChI=1S/C20H22N4O2/c1-14-6-7-18(15(2)10-14)24-20(22-8-4-5-9-22)16-11-23(12-17(16)21-24)19(25)13-26-3/h4-10H,11-13H2,1-3H3. The summed E-state index contributed by atoms with van der Waals surface area (Å²) in [4.78, 5) is 14.0. The van der Waals surface area contributed by atoms with Gasteiger partial charge in [-0.1, -0.05) is 17.7 Å². The minimum absolute atomic E-state index is 0.0120. The van der Waals surface area contributed by atoms with Gasteiger partial charge in [0, 0.05) is 25.1 Å². The number of hydrogen-bond donors (Lipinski definition) is 0. The van der Waals surface area contributed by atoms with E-state index < -0.39 is 0 Å². The van der Waals surface area contributed by atoms with Crippen LogP contribution in [0.4, 0.5) is 0 Å². The lowest BCUT2D eigenvalue weighted by Gasteiger charge is -2.17. The Morgan fingerprint density at radius 1 is 1.19 bits per heavy atom. The number of ether oxygens (including phenoxy) is 1. The molecule has 3 aromatic rings. The Labute approximate surface area is 152 Å². The zero-order chi connectivity index (χ0) is 18.3. The zero-order valence-corrected chi connectivity index (χ0v) is 15.3. The van der Waals surface area contributed by atoms with Crippen molar-refractivity contribution in [3.8, 4) is 11.5 Å². The molecule has 1 aliphatic rings. The second-order valence-corrected chi connectivity index (χ2v) is 6.72. The number of carbonyl (C=O) groups is 1. The first-order chi connectivity index (χ1) is 12.6. The molecule has 0 saturated carbocycles. The summed E-state index contributed by atoms with van der Waals surface area (Å²) in [6, 6.07) is 10.4. The molecule has 0 saturated heterocycles. The number of amides is 1. The highest BCUT2D eigenvalue weighted by Gasteiger charge is 2.31. The number of carbonyl (C=O) groups excluding carboxylic acids is 1. The molecular formula is C20H22N4O2. The molecule has 0 radical (unpaired) electrons. The highest BCUT2D eigenvalue weighted by molar-refractivity contribution is 5.78. The summed E-state index contributed by atoms with van der Waals surface area (Å²) in [7, 11) is 1.54. The van der Waals surface area contributed by atoms with Gasteiger partial charge in [0.05, 0.1) is 24.5 Å². The van der Waals surface area contributed by atoms with E-state index >= 15 is 0 Å². The molecule has 0 atom stereocenters. The Kier molecular flexibility index (Phi) is 4.12. The number of rotatable bonds is 4. The molecule has 1 aromatic carbocycles. The third-order valence-electron chi connectivity index (χ3n) is 4.78. The second-order valence-electron chi connectivity index (χ2n) is 6.72. The van der Waals surface area contributed by atoms with Crippen LogP contribution in [0.25, 0.3) is 11.5 Å². The summed E-state index contributed by atoms with van der Waals surface area (Å²) in [6.07, 6.45) is 4.02. The Bertz CT molecular complexity index is 957. The fourth-order valence-electron chi connectivity index (χ4n) is 3.54. The fraction of sp³-hybridized carbons (Fsp3) is 0.300. The maximum Gasteiger partial charge on any atom is 0.249 e. The molecule has 0 fully saturated rings. The third kappa shape index (κ3) is 2.72. The highest BCUT2D eigenvalue weighted by atomic mass is 16.5. The summed E-state index contributed by atoms with van der Waals surface area (Å²) in [5.41, 5.74) is 5.49. The highest BCUT2D eigenvalue weighted by Crippen LogP contribution is 2.31. The lowest BCUT2D eigenvalue weighted by Crippen LogP contribution is -2.29. The quantitative estimate of drug-likeness (QED) is 0.727. The lowest BCUT2D eigenvalue weighted by molar-refractivity contribution is -0.135. The van der Waals surface area contributed by atoms with Crippen molar-refractivity contribution in [3.63, 3.8) is 0 Å². The second kappa shape index (κ2) is 6.46. The molecule has 4 rings (SSSR count). The van der Waals surface area contributed by atoms with Gasteiger partial charge in [-0.05, 0) is 37.6 Å². The van der Waals surface area contributed by atoms with Gasteiger partial charge in [0.25, 0.3) is 0 Å². The SMILES string of the molecule is COCC(=O)N1Cc2nn(-c3ccc(C)cc3C)c(-n3cccc3)c2C1. The van der Waals surface area contributed by atoms with Gasteiger partial charge >= 0.3 is 0 Å². The molecule has 6 heteroatoms. The topological polar surface area (TPSA) is 52.3 Å². The van der Waals surface area contributed by atoms with Crippen LogP contribution < -0.4 is 0 Å². The van der Waals surface area contributed by atoms with Crippen LogP contribution >= 0.6 is 0 Å². The van der Waals surface area contributed by atoms with Gasteiger partial charge in [-0.15, -0.1) is 0 Å². The number of nitrogens with zero attached hydrogens (tertiary/aromatic N) is 4. The van der Waals surface area contributed by atoms with Crippen molar-refractivity contribution in [2.24, 2.45) is 0 Å². The average Bonchev–Trinajstić information content (AvgIpc) is 3.30. The summed E-state index contributed by atoms with van der Waals surface area (Å²) >= 11 is 0. The fourth-order valence-corrected chi connectivity index (χ4v) is 3.54. The van der Waals surface area contributed by atoms with E-state index in [2.05, 4.69) is 36.6 Å². The molecule has 3 heterocycles. The average molecular weight is 350 g/mol. The summed E-state index contributed by atoms with van der Waals surface area (Å²) in [6.45, 7) is 5.36. The molecular weight excluding hydrogens is 328 g/mol. The van der Waals surface area contributed by atoms with Crippen LogP contribution in [0.2, 0.25) is 0 Å². The summed E-state index contributed by atoms with van der Waals surface area (Å²) in [5.74, 6) is 0.978. The lowest BCUT2D eigenvalue weighted by atomic mass is 10.1. The van der Waals surface area contributed by atoms with Crippen molar-refractivity contribution in [1.82, 2.24) is 19.2 Å². The molecule has 134 valence electrons. The maximum atomic E-state index is 12.2. The van der Waals surface area contributed by atoms with Crippen molar-refractivity contribution >= 4 is 5.91 Å². The first kappa shape index (κ1) is 16.6. The normalized spacial score (nSPS) is 13.3. The van der Waals surface area contributed by atoms with Crippen LogP contribution in [0.3, 0.4) is 0 Å². The predicted molar refractivity (Wildman–Crippen MR) is 98.5 cm³/mol. The van der Waals surface area contributed by atoms with Gasteiger partial charge in [0.15, 0.2) is 0 Å². The molecule has 2 aromatic heterocycles. The van der Waals surface area contributed by atoms with E-state index in [1.807, 2.05) is 29.2 Å². The molecule has 0 N–H and O–H groups in total. The molecule has 26 heavy (non-hydrogen) atoms. The van der Waals surface area contributed by atoms with Gasteiger partial charge in [0.2, 0.25) is 5.91 Å². The summed E-state index contributed by atoms with van der Waals surface area (Å²) in [5, 5.41) is 4.86. The summed E-state index contributed by atoms with van der Waals surface area (Å²) < 4.78 is 9.05. The first-order valence-corrected chi connectivity index (χ1v) is 8.67. The van der Waals surface area contributed by atoms with E-state index in [4.69, 9.17) is 9.84 Å². The van der Waals surface area contributed by atoms with Crippen molar-refractivity contribution in [3.05, 3.63) is 65.1 Å². The number of aryl methyl sites for hydroxylation is 2. The number of fused-ring (bicyclic) bond motifs is 1. The molecule has 0 bridgehead atoms. The van der Waals surface area contributed by atoms with Crippen LogP contribution in [0.15, 0.2) is 42.7 Å². The van der Waals surface area contributed by atoms with E-state index in [1.54, 1.807) is 12.0 Å². The van der Waals surface area contributed by atoms with Crippen molar-refractivity contribution in [1.29, 1.82) is 0 Å². The van der Waals surface area contributed by atoms with E-state index in [9.17, 15) is 4.79 Å². The molecule has 0 aliphatic carbocycles. The number of methoxy groups -OCH3 is 1. The van der Waals surface area contributed by atoms with Gasteiger partial charge < -0.3 is 14.2 Å². The molecule has 6 nitrogen and oxygen atoms in total. The largest absolute Gasteiger partial charge is 0.375 e. The van der Waals surface area contributed by atoms with Crippen molar-refractivity contribution < 1.29 is 9.53 Å². The van der Waals surface area contributed by atoms with Gasteiger partial charge in [-0.25, -0.2) is 4.68 Å². The van der Waals surface area contributed by atoms with Crippen LogP contribution in [-0.4, -0.2) is 38.9 Å². The van der Waals surface area contributed by atoms with Crippen LogP contribution in [0, 0.1) is 13.8 Å². The smallest absolute Gasteiger partial charge is 0.249 e. The number of benzene rings is 1. The molecule has 0 unspecified atom stereocenters. The van der Waals surface area contributed by atoms with Crippen molar-refractivity contribution in [2.75, 3.05) is 13.7 Å². The molecule has 0 spiro atoms. The van der Waals surface area contributed by atoms with E-state index in [1.165, 1.54) is 11.1 Å². The Hall–Kier alpha value is -2.86. The van der Waals surface area contributed by atoms with Gasteiger partial charge in [-0.3, -0.25) is 4.79 Å². The minimum Gasteiger partial charge on any atom is -0.375 e. The molecule has 1 amide bonds. The van der Waals surface area contributed by atoms with E-state index in [-0.39, 0.29) is 12.5 Å². The Morgan fingerprint density at radius 2 is 1.96 bits per heavy atom. The van der Waals surface area contributed by atoms with Crippen LogP contribution in [0.5, 0.6) is 0 Å².